The van der Waals surface area contributed by atoms with Gasteiger partial charge in [0.1, 0.15) is 5.82 Å². The van der Waals surface area contributed by atoms with Crippen LogP contribution < -0.4 is 4.90 Å². The zero-order valence-corrected chi connectivity index (χ0v) is 18.0. The van der Waals surface area contributed by atoms with Gasteiger partial charge in [0, 0.05) is 54.7 Å². The van der Waals surface area contributed by atoms with E-state index in [1.165, 1.54) is 0 Å². The maximum absolute atomic E-state index is 14.0. The number of carbonyl (C=O) groups is 1. The van der Waals surface area contributed by atoms with Crippen LogP contribution in [0.5, 0.6) is 0 Å². The Balaban J connectivity index is 1.45. The molecule has 164 valence electrons. The Hall–Kier alpha value is -3.84. The third kappa shape index (κ3) is 3.50. The number of rotatable bonds is 2. The first-order chi connectivity index (χ1) is 16.2. The van der Waals surface area contributed by atoms with Crippen LogP contribution in [0.25, 0.3) is 22.2 Å². The molecule has 0 radical (unpaired) electrons. The van der Waals surface area contributed by atoms with Crippen molar-refractivity contribution in [3.63, 3.8) is 0 Å². The van der Waals surface area contributed by atoms with Gasteiger partial charge in [-0.2, -0.15) is 0 Å². The Kier molecular flexibility index (Phi) is 4.77. The summed E-state index contributed by atoms with van der Waals surface area (Å²) in [6.07, 6.45) is 5.46. The number of anilines is 1. The lowest BCUT2D eigenvalue weighted by atomic mass is 10.0. The minimum absolute atomic E-state index is 0.0333. The van der Waals surface area contributed by atoms with Crippen molar-refractivity contribution in [1.29, 1.82) is 0 Å². The molecule has 2 aliphatic rings. The summed E-state index contributed by atoms with van der Waals surface area (Å²) in [5.41, 5.74) is 3.98. The molecule has 1 fully saturated rings. The van der Waals surface area contributed by atoms with Crippen molar-refractivity contribution in [2.24, 2.45) is 0 Å². The number of carbonyl (C=O) groups excluding carboxylic acids is 1. The first-order valence-electron chi connectivity index (χ1n) is 11.2. The predicted octanol–water partition coefficient (Wildman–Crippen LogP) is 3.29. The summed E-state index contributed by atoms with van der Waals surface area (Å²) in [5.74, 6) is 0.821. The maximum Gasteiger partial charge on any atom is 0.254 e. The molecule has 4 aromatic rings. The van der Waals surface area contributed by atoms with E-state index in [-0.39, 0.29) is 11.9 Å². The average molecular weight is 438 g/mol. The van der Waals surface area contributed by atoms with Gasteiger partial charge in [-0.15, -0.1) is 0 Å². The Morgan fingerprint density at radius 1 is 1.03 bits per heavy atom. The molecule has 7 heteroatoms. The quantitative estimate of drug-likeness (QED) is 0.518. The molecule has 1 amide bonds. The number of fused-ring (bicyclic) bond motifs is 4. The molecule has 2 atom stereocenters. The van der Waals surface area contributed by atoms with Crippen LogP contribution in [-0.2, 0) is 6.54 Å². The van der Waals surface area contributed by atoms with E-state index in [9.17, 15) is 9.90 Å². The summed E-state index contributed by atoms with van der Waals surface area (Å²) in [6, 6.07) is 17.4. The lowest BCUT2D eigenvalue weighted by Gasteiger charge is -2.27. The van der Waals surface area contributed by atoms with Crippen LogP contribution in [0.1, 0.15) is 22.3 Å². The van der Waals surface area contributed by atoms with Crippen molar-refractivity contribution in [2.45, 2.75) is 25.1 Å². The highest BCUT2D eigenvalue weighted by atomic mass is 16.3. The number of aliphatic hydroxyl groups excluding tert-OH is 1. The SMILES string of the molecule is O=C(c1cc(-c2cccnc2)nc2ccccc12)N1Cc2cccnc2N2C[C@H](O)C[C@H]2C1. The van der Waals surface area contributed by atoms with Crippen LogP contribution in [0.2, 0.25) is 0 Å². The molecule has 6 rings (SSSR count). The molecule has 2 aliphatic heterocycles. The standard InChI is InChI=1S/C26H23N5O2/c32-20-11-19-15-30(14-18-6-4-10-28-25(18)31(19)16-20)26(33)22-12-24(17-5-3-9-27-13-17)29-23-8-2-1-7-21(22)23/h1-10,12-13,19-20,32H,11,14-16H2/t19-,20+/m0/s1. The number of benzene rings is 1. The molecule has 7 nitrogen and oxygen atoms in total. The average Bonchev–Trinajstić information content (AvgIpc) is 3.15. The van der Waals surface area contributed by atoms with Crippen molar-refractivity contribution in [1.82, 2.24) is 19.9 Å². The van der Waals surface area contributed by atoms with Gasteiger partial charge >= 0.3 is 0 Å². The van der Waals surface area contributed by atoms with Crippen molar-refractivity contribution < 1.29 is 9.90 Å². The Bertz CT molecular complexity index is 1340. The van der Waals surface area contributed by atoms with Crippen molar-refractivity contribution in [3.05, 3.63) is 84.3 Å². The van der Waals surface area contributed by atoms with Crippen LogP contribution in [-0.4, -0.2) is 56.1 Å². The summed E-state index contributed by atoms with van der Waals surface area (Å²) in [6.45, 7) is 1.55. The van der Waals surface area contributed by atoms with Crippen LogP contribution in [0.15, 0.2) is 73.2 Å². The zero-order chi connectivity index (χ0) is 22.4. The van der Waals surface area contributed by atoms with Gasteiger partial charge in [0.25, 0.3) is 5.91 Å². The largest absolute Gasteiger partial charge is 0.391 e. The molecule has 1 aromatic carbocycles. The number of para-hydroxylation sites is 1. The first kappa shape index (κ1) is 19.8. The Morgan fingerprint density at radius 2 is 1.91 bits per heavy atom. The number of hydrogen-bond acceptors (Lipinski definition) is 6. The molecule has 3 aromatic heterocycles. The summed E-state index contributed by atoms with van der Waals surface area (Å²) >= 11 is 0. The lowest BCUT2D eigenvalue weighted by molar-refractivity contribution is 0.0735. The highest BCUT2D eigenvalue weighted by Crippen LogP contribution is 2.33. The summed E-state index contributed by atoms with van der Waals surface area (Å²) in [4.78, 5) is 31.6. The molecule has 0 spiro atoms. The minimum Gasteiger partial charge on any atom is -0.391 e. The lowest BCUT2D eigenvalue weighted by Crippen LogP contribution is -2.40. The van der Waals surface area contributed by atoms with E-state index < -0.39 is 6.10 Å². The van der Waals surface area contributed by atoms with Crippen LogP contribution in [0, 0.1) is 0 Å². The fourth-order valence-electron chi connectivity index (χ4n) is 5.00. The Morgan fingerprint density at radius 3 is 2.79 bits per heavy atom. The van der Waals surface area contributed by atoms with E-state index in [2.05, 4.69) is 14.9 Å². The fourth-order valence-corrected chi connectivity index (χ4v) is 5.00. The molecule has 0 bridgehead atoms. The number of nitrogens with zero attached hydrogens (tertiary/aromatic N) is 5. The molecule has 5 heterocycles. The van der Waals surface area contributed by atoms with Gasteiger partial charge in [0.05, 0.1) is 28.9 Å². The van der Waals surface area contributed by atoms with E-state index in [0.29, 0.717) is 31.6 Å². The zero-order valence-electron chi connectivity index (χ0n) is 18.0. The topological polar surface area (TPSA) is 82.5 Å². The molecule has 0 saturated carbocycles. The second-order valence-electron chi connectivity index (χ2n) is 8.68. The van der Waals surface area contributed by atoms with Gasteiger partial charge in [-0.25, -0.2) is 9.97 Å². The third-order valence-electron chi connectivity index (χ3n) is 6.52. The van der Waals surface area contributed by atoms with E-state index in [1.807, 2.05) is 59.5 Å². The molecule has 0 aliphatic carbocycles. The maximum atomic E-state index is 14.0. The van der Waals surface area contributed by atoms with Gasteiger partial charge in [0.15, 0.2) is 0 Å². The van der Waals surface area contributed by atoms with Crippen LogP contribution in [0.3, 0.4) is 0 Å². The normalized spacial score (nSPS) is 19.8. The van der Waals surface area contributed by atoms with E-state index >= 15 is 0 Å². The number of aliphatic hydroxyl groups is 1. The van der Waals surface area contributed by atoms with Crippen molar-refractivity contribution in [2.75, 3.05) is 18.0 Å². The Labute approximate surface area is 191 Å². The van der Waals surface area contributed by atoms with Gasteiger partial charge in [-0.3, -0.25) is 9.78 Å². The van der Waals surface area contributed by atoms with Gasteiger partial charge in [-0.1, -0.05) is 24.3 Å². The highest BCUT2D eigenvalue weighted by molar-refractivity contribution is 6.07. The second kappa shape index (κ2) is 7.94. The van der Waals surface area contributed by atoms with Gasteiger partial charge in [0.2, 0.25) is 0 Å². The van der Waals surface area contributed by atoms with Crippen LogP contribution >= 0.6 is 0 Å². The van der Waals surface area contributed by atoms with Crippen molar-refractivity contribution in [3.8, 4) is 11.3 Å². The van der Waals surface area contributed by atoms with Crippen molar-refractivity contribution >= 4 is 22.6 Å². The summed E-state index contributed by atoms with van der Waals surface area (Å²) in [5, 5.41) is 11.2. The fraction of sp³-hybridized carbons (Fsp3) is 0.231. The second-order valence-corrected chi connectivity index (χ2v) is 8.68. The predicted molar refractivity (Wildman–Crippen MR) is 126 cm³/mol. The molecule has 33 heavy (non-hydrogen) atoms. The van der Waals surface area contributed by atoms with Crippen LogP contribution in [0.4, 0.5) is 5.82 Å². The summed E-state index contributed by atoms with van der Waals surface area (Å²) < 4.78 is 0. The molecular weight excluding hydrogens is 414 g/mol. The van der Waals surface area contributed by atoms with E-state index in [1.54, 1.807) is 18.6 Å². The molecule has 0 unspecified atom stereocenters. The first-order valence-corrected chi connectivity index (χ1v) is 11.2. The monoisotopic (exact) mass is 437 g/mol. The van der Waals surface area contributed by atoms with Gasteiger partial charge < -0.3 is 14.9 Å². The molecule has 1 N–H and O–H groups in total. The number of aromatic nitrogens is 3. The van der Waals surface area contributed by atoms with E-state index in [0.717, 1.165) is 33.5 Å². The number of pyridine rings is 3. The smallest absolute Gasteiger partial charge is 0.254 e. The van der Waals surface area contributed by atoms with Gasteiger partial charge in [-0.05, 0) is 36.8 Å². The van der Waals surface area contributed by atoms with E-state index in [4.69, 9.17) is 4.98 Å². The molecular formula is C26H23N5O2. The number of hydrogen-bond donors (Lipinski definition) is 1. The summed E-state index contributed by atoms with van der Waals surface area (Å²) in [7, 11) is 0. The minimum atomic E-state index is -0.418. The third-order valence-corrected chi connectivity index (χ3v) is 6.52. The number of amides is 1. The molecule has 1 saturated heterocycles. The highest BCUT2D eigenvalue weighted by Gasteiger charge is 2.38.